The van der Waals surface area contributed by atoms with E-state index in [0.717, 1.165) is 30.0 Å². The molecule has 0 fully saturated rings. The van der Waals surface area contributed by atoms with E-state index in [1.807, 2.05) is 30.3 Å². The predicted octanol–water partition coefficient (Wildman–Crippen LogP) is 4.50. The lowest BCUT2D eigenvalue weighted by molar-refractivity contribution is 0.415. The molecule has 0 aliphatic heterocycles. The number of rotatable bonds is 6. The maximum absolute atomic E-state index is 6.13. The molecule has 4 heteroatoms. The lowest BCUT2D eigenvalue weighted by Crippen LogP contribution is -2.24. The largest absolute Gasteiger partial charge is 0.495 e. The number of halogens is 1. The Morgan fingerprint density at radius 2 is 2.10 bits per heavy atom. The van der Waals surface area contributed by atoms with E-state index in [2.05, 4.69) is 19.2 Å². The van der Waals surface area contributed by atoms with Crippen LogP contribution in [-0.4, -0.2) is 13.2 Å². The highest BCUT2D eigenvalue weighted by atomic mass is 35.5. The second-order valence-electron chi connectivity index (χ2n) is 4.81. The van der Waals surface area contributed by atoms with Crippen LogP contribution in [0.4, 0.5) is 0 Å². The molecule has 108 valence electrons. The van der Waals surface area contributed by atoms with Gasteiger partial charge in [-0.25, -0.2) is 0 Å². The summed E-state index contributed by atoms with van der Waals surface area (Å²) in [7, 11) is 1.60. The van der Waals surface area contributed by atoms with Gasteiger partial charge in [-0.3, -0.25) is 0 Å². The van der Waals surface area contributed by atoms with Crippen LogP contribution in [0.5, 0.6) is 5.75 Å². The number of ether oxygens (including phenoxy) is 1. The minimum absolute atomic E-state index is 0.485. The highest BCUT2D eigenvalue weighted by Crippen LogP contribution is 2.31. The van der Waals surface area contributed by atoms with Gasteiger partial charge in [0, 0.05) is 11.6 Å². The normalized spacial score (nSPS) is 12.4. The third-order valence-electron chi connectivity index (χ3n) is 3.34. The average molecular weight is 294 g/mol. The first-order valence-corrected chi connectivity index (χ1v) is 7.17. The first-order valence-electron chi connectivity index (χ1n) is 6.80. The van der Waals surface area contributed by atoms with Crippen LogP contribution in [0.25, 0.3) is 11.3 Å². The zero-order chi connectivity index (χ0) is 14.5. The standard InChI is InChI=1S/C16H20ClNO2/c1-4-11(2)18-10-13-6-8-15(20-13)12-5-7-16(19-3)14(17)9-12/h5-9,11,18H,4,10H2,1-3H3/t11-/m0/s1. The van der Waals surface area contributed by atoms with Crippen molar-refractivity contribution in [1.29, 1.82) is 0 Å². The van der Waals surface area contributed by atoms with E-state index in [0.29, 0.717) is 16.8 Å². The predicted molar refractivity (Wildman–Crippen MR) is 82.3 cm³/mol. The first kappa shape index (κ1) is 14.9. The monoisotopic (exact) mass is 293 g/mol. The van der Waals surface area contributed by atoms with E-state index in [1.54, 1.807) is 7.11 Å². The van der Waals surface area contributed by atoms with Crippen molar-refractivity contribution in [3.05, 3.63) is 41.1 Å². The molecule has 20 heavy (non-hydrogen) atoms. The molecule has 0 aliphatic carbocycles. The van der Waals surface area contributed by atoms with Crippen LogP contribution in [0.1, 0.15) is 26.0 Å². The quantitative estimate of drug-likeness (QED) is 0.852. The van der Waals surface area contributed by atoms with Crippen molar-refractivity contribution >= 4 is 11.6 Å². The summed E-state index contributed by atoms with van der Waals surface area (Å²) in [6, 6.07) is 10.1. The van der Waals surface area contributed by atoms with E-state index in [1.165, 1.54) is 0 Å². The molecule has 1 N–H and O–H groups in total. The summed E-state index contributed by atoms with van der Waals surface area (Å²) in [5.41, 5.74) is 0.950. The van der Waals surface area contributed by atoms with Crippen LogP contribution in [0.2, 0.25) is 5.02 Å². The number of furan rings is 1. The molecule has 0 radical (unpaired) electrons. The Morgan fingerprint density at radius 3 is 2.75 bits per heavy atom. The van der Waals surface area contributed by atoms with Gasteiger partial charge in [0.05, 0.1) is 18.7 Å². The van der Waals surface area contributed by atoms with Crippen molar-refractivity contribution in [2.45, 2.75) is 32.9 Å². The Balaban J connectivity index is 2.10. The first-order chi connectivity index (χ1) is 9.63. The molecule has 0 unspecified atom stereocenters. The third kappa shape index (κ3) is 3.56. The molecule has 0 amide bonds. The van der Waals surface area contributed by atoms with Crippen molar-refractivity contribution < 1.29 is 9.15 Å². The van der Waals surface area contributed by atoms with Crippen molar-refractivity contribution in [2.24, 2.45) is 0 Å². The number of hydrogen-bond donors (Lipinski definition) is 1. The van der Waals surface area contributed by atoms with Gasteiger partial charge >= 0.3 is 0 Å². The number of methoxy groups -OCH3 is 1. The van der Waals surface area contributed by atoms with E-state index in [-0.39, 0.29) is 0 Å². The Labute approximate surface area is 124 Å². The van der Waals surface area contributed by atoms with E-state index in [4.69, 9.17) is 20.8 Å². The summed E-state index contributed by atoms with van der Waals surface area (Å²) < 4.78 is 11.0. The van der Waals surface area contributed by atoms with Crippen molar-refractivity contribution in [2.75, 3.05) is 7.11 Å². The molecule has 0 bridgehead atoms. The topological polar surface area (TPSA) is 34.4 Å². The van der Waals surface area contributed by atoms with Crippen molar-refractivity contribution in [3.63, 3.8) is 0 Å². The summed E-state index contributed by atoms with van der Waals surface area (Å²) in [6.07, 6.45) is 1.10. The summed E-state index contributed by atoms with van der Waals surface area (Å²) in [6.45, 7) is 5.05. The Hall–Kier alpha value is -1.45. The summed E-state index contributed by atoms with van der Waals surface area (Å²) >= 11 is 6.13. The van der Waals surface area contributed by atoms with Gasteiger partial charge in [-0.05, 0) is 43.7 Å². The molecule has 0 aliphatic rings. The molecular formula is C16H20ClNO2. The molecular weight excluding hydrogens is 274 g/mol. The molecule has 1 aromatic heterocycles. The van der Waals surface area contributed by atoms with Gasteiger partial charge in [-0.2, -0.15) is 0 Å². The summed E-state index contributed by atoms with van der Waals surface area (Å²) in [5.74, 6) is 2.41. The minimum atomic E-state index is 0.485. The van der Waals surface area contributed by atoms with Crippen LogP contribution < -0.4 is 10.1 Å². The highest BCUT2D eigenvalue weighted by Gasteiger charge is 2.08. The molecule has 0 saturated heterocycles. The molecule has 2 aromatic rings. The van der Waals surface area contributed by atoms with Gasteiger partial charge in [0.25, 0.3) is 0 Å². The SMILES string of the molecule is CC[C@H](C)NCc1ccc(-c2ccc(OC)c(Cl)c2)o1. The second-order valence-corrected chi connectivity index (χ2v) is 5.21. The third-order valence-corrected chi connectivity index (χ3v) is 3.63. The summed E-state index contributed by atoms with van der Waals surface area (Å²) in [5, 5.41) is 3.99. The fraction of sp³-hybridized carbons (Fsp3) is 0.375. The van der Waals surface area contributed by atoms with Gasteiger partial charge in [0.1, 0.15) is 17.3 Å². The molecule has 0 saturated carbocycles. The second kappa shape index (κ2) is 6.82. The van der Waals surface area contributed by atoms with Gasteiger partial charge in [0.15, 0.2) is 0 Å². The van der Waals surface area contributed by atoms with Crippen molar-refractivity contribution in [1.82, 2.24) is 5.32 Å². The zero-order valence-electron chi connectivity index (χ0n) is 12.1. The smallest absolute Gasteiger partial charge is 0.137 e. The van der Waals surface area contributed by atoms with Crippen LogP contribution in [-0.2, 0) is 6.54 Å². The van der Waals surface area contributed by atoms with Crippen LogP contribution >= 0.6 is 11.6 Å². The summed E-state index contributed by atoms with van der Waals surface area (Å²) in [4.78, 5) is 0. The molecule has 1 atom stereocenters. The fourth-order valence-corrected chi connectivity index (χ4v) is 2.12. The Kier molecular flexibility index (Phi) is 5.10. The maximum atomic E-state index is 6.13. The lowest BCUT2D eigenvalue weighted by atomic mass is 10.2. The molecule has 1 aromatic carbocycles. The lowest BCUT2D eigenvalue weighted by Gasteiger charge is -2.09. The number of benzene rings is 1. The molecule has 0 spiro atoms. The number of nitrogens with one attached hydrogen (secondary N) is 1. The van der Waals surface area contributed by atoms with E-state index >= 15 is 0 Å². The number of hydrogen-bond acceptors (Lipinski definition) is 3. The van der Waals surface area contributed by atoms with Crippen LogP contribution in [0, 0.1) is 0 Å². The van der Waals surface area contributed by atoms with Gasteiger partial charge in [0.2, 0.25) is 0 Å². The zero-order valence-corrected chi connectivity index (χ0v) is 12.8. The van der Waals surface area contributed by atoms with Crippen LogP contribution in [0.3, 0.4) is 0 Å². The fourth-order valence-electron chi connectivity index (χ4n) is 1.87. The van der Waals surface area contributed by atoms with E-state index < -0.39 is 0 Å². The Bertz CT molecular complexity index is 565. The minimum Gasteiger partial charge on any atom is -0.495 e. The molecule has 3 nitrogen and oxygen atoms in total. The van der Waals surface area contributed by atoms with Gasteiger partial charge < -0.3 is 14.5 Å². The van der Waals surface area contributed by atoms with Gasteiger partial charge in [-0.1, -0.05) is 18.5 Å². The Morgan fingerprint density at radius 1 is 1.30 bits per heavy atom. The molecule has 2 rings (SSSR count). The highest BCUT2D eigenvalue weighted by molar-refractivity contribution is 6.32. The van der Waals surface area contributed by atoms with Crippen molar-refractivity contribution in [3.8, 4) is 17.1 Å². The van der Waals surface area contributed by atoms with E-state index in [9.17, 15) is 0 Å². The maximum Gasteiger partial charge on any atom is 0.137 e. The van der Waals surface area contributed by atoms with Crippen LogP contribution in [0.15, 0.2) is 34.7 Å². The average Bonchev–Trinajstić information content (AvgIpc) is 2.93. The molecule has 1 heterocycles. The van der Waals surface area contributed by atoms with Gasteiger partial charge in [-0.15, -0.1) is 0 Å².